The van der Waals surface area contributed by atoms with Gasteiger partial charge in [0.05, 0.1) is 6.42 Å². The maximum Gasteiger partial charge on any atom is 0.227 e. The van der Waals surface area contributed by atoms with Crippen molar-refractivity contribution in [1.29, 1.82) is 0 Å². The molecule has 4 heteroatoms. The Balaban J connectivity index is 2.05. The Morgan fingerprint density at radius 3 is 2.43 bits per heavy atom. The minimum absolute atomic E-state index is 0.114. The summed E-state index contributed by atoms with van der Waals surface area (Å²) in [7, 11) is 0. The Morgan fingerprint density at radius 2 is 1.81 bits per heavy atom. The second-order valence-corrected chi connectivity index (χ2v) is 5.83. The van der Waals surface area contributed by atoms with Crippen LogP contribution < -0.4 is 5.73 Å². The van der Waals surface area contributed by atoms with Gasteiger partial charge in [0.2, 0.25) is 5.91 Å². The number of likely N-dealkylation sites (N-methyl/N-ethyl adjacent to an activating group) is 1. The first kappa shape index (κ1) is 15.6. The number of halogens is 1. The number of para-hydroxylation sites is 1. The molecule has 0 radical (unpaired) electrons. The van der Waals surface area contributed by atoms with Crippen molar-refractivity contribution in [3.05, 3.63) is 64.1 Å². The summed E-state index contributed by atoms with van der Waals surface area (Å²) in [5, 5.41) is 0. The maximum absolute atomic E-state index is 12.4. The van der Waals surface area contributed by atoms with Crippen molar-refractivity contribution in [3.63, 3.8) is 0 Å². The van der Waals surface area contributed by atoms with Crippen molar-refractivity contribution < 1.29 is 4.79 Å². The lowest BCUT2D eigenvalue weighted by Gasteiger charge is -2.22. The number of rotatable bonds is 5. The highest BCUT2D eigenvalue weighted by atomic mass is 79.9. The Bertz CT molecular complexity index is 610. The lowest BCUT2D eigenvalue weighted by molar-refractivity contribution is -0.130. The van der Waals surface area contributed by atoms with Crippen molar-refractivity contribution in [2.24, 2.45) is 0 Å². The summed E-state index contributed by atoms with van der Waals surface area (Å²) in [6.07, 6.45) is 0.411. The first-order chi connectivity index (χ1) is 10.1. The van der Waals surface area contributed by atoms with Gasteiger partial charge in [-0.3, -0.25) is 4.79 Å². The van der Waals surface area contributed by atoms with Crippen LogP contribution in [0.2, 0.25) is 0 Å². The molecule has 3 nitrogen and oxygen atoms in total. The normalized spacial score (nSPS) is 10.4. The van der Waals surface area contributed by atoms with Gasteiger partial charge in [-0.1, -0.05) is 46.3 Å². The molecule has 2 N–H and O–H groups in total. The summed E-state index contributed by atoms with van der Waals surface area (Å²) in [5.74, 6) is 0.114. The smallest absolute Gasteiger partial charge is 0.227 e. The number of hydrogen-bond acceptors (Lipinski definition) is 2. The first-order valence-electron chi connectivity index (χ1n) is 6.95. The van der Waals surface area contributed by atoms with Crippen LogP contribution in [0, 0.1) is 0 Å². The number of benzene rings is 2. The molecule has 2 rings (SSSR count). The number of carbonyl (C=O) groups is 1. The summed E-state index contributed by atoms with van der Waals surface area (Å²) in [6, 6.07) is 15.5. The number of carbonyl (C=O) groups excluding carboxylic acids is 1. The molecular formula is C17H19BrN2O. The van der Waals surface area contributed by atoms with Crippen molar-refractivity contribution in [3.8, 4) is 0 Å². The Labute approximate surface area is 133 Å². The minimum Gasteiger partial charge on any atom is -0.398 e. The number of nitrogen functional groups attached to an aromatic ring is 1. The molecule has 0 heterocycles. The van der Waals surface area contributed by atoms with Gasteiger partial charge in [0.25, 0.3) is 0 Å². The molecule has 21 heavy (non-hydrogen) atoms. The Morgan fingerprint density at radius 1 is 1.14 bits per heavy atom. The predicted molar refractivity (Wildman–Crippen MR) is 89.8 cm³/mol. The average Bonchev–Trinajstić information content (AvgIpc) is 2.48. The molecule has 2 aromatic rings. The van der Waals surface area contributed by atoms with E-state index in [9.17, 15) is 4.79 Å². The monoisotopic (exact) mass is 346 g/mol. The molecule has 110 valence electrons. The molecule has 0 spiro atoms. The fraction of sp³-hybridized carbons (Fsp3) is 0.235. The van der Waals surface area contributed by atoms with Gasteiger partial charge in [0.1, 0.15) is 0 Å². The third-order valence-corrected chi connectivity index (χ3v) is 3.95. The molecule has 0 aliphatic heterocycles. The van der Waals surface area contributed by atoms with Crippen LogP contribution in [0.5, 0.6) is 0 Å². The zero-order valence-electron chi connectivity index (χ0n) is 12.1. The van der Waals surface area contributed by atoms with Gasteiger partial charge in [-0.15, -0.1) is 0 Å². The van der Waals surface area contributed by atoms with E-state index in [0.717, 1.165) is 21.3 Å². The summed E-state index contributed by atoms with van der Waals surface area (Å²) >= 11 is 3.40. The molecular weight excluding hydrogens is 328 g/mol. The third kappa shape index (κ3) is 4.33. The highest BCUT2D eigenvalue weighted by Crippen LogP contribution is 2.15. The quantitative estimate of drug-likeness (QED) is 0.840. The highest BCUT2D eigenvalue weighted by molar-refractivity contribution is 9.10. The first-order valence-corrected chi connectivity index (χ1v) is 7.75. The molecule has 0 saturated heterocycles. The Kier molecular flexibility index (Phi) is 5.39. The zero-order valence-corrected chi connectivity index (χ0v) is 13.6. The number of anilines is 1. The number of nitrogens with two attached hydrogens (primary N) is 1. The molecule has 0 unspecified atom stereocenters. The van der Waals surface area contributed by atoms with Gasteiger partial charge in [0.15, 0.2) is 0 Å². The van der Waals surface area contributed by atoms with Crippen LogP contribution in [-0.4, -0.2) is 17.4 Å². The second-order valence-electron chi connectivity index (χ2n) is 4.91. The van der Waals surface area contributed by atoms with Crippen LogP contribution >= 0.6 is 15.9 Å². The molecule has 0 aromatic heterocycles. The summed E-state index contributed by atoms with van der Waals surface area (Å²) in [5.41, 5.74) is 8.68. The molecule has 2 aromatic carbocycles. The summed E-state index contributed by atoms with van der Waals surface area (Å²) < 4.78 is 1.02. The average molecular weight is 347 g/mol. The van der Waals surface area contributed by atoms with E-state index < -0.39 is 0 Å². The van der Waals surface area contributed by atoms with Gasteiger partial charge < -0.3 is 10.6 Å². The van der Waals surface area contributed by atoms with E-state index in [0.29, 0.717) is 19.5 Å². The molecule has 0 aliphatic rings. The maximum atomic E-state index is 12.4. The van der Waals surface area contributed by atoms with Crippen LogP contribution in [0.4, 0.5) is 5.69 Å². The van der Waals surface area contributed by atoms with Crippen molar-refractivity contribution in [2.45, 2.75) is 19.9 Å². The van der Waals surface area contributed by atoms with Crippen LogP contribution in [0.3, 0.4) is 0 Å². The number of amides is 1. The van der Waals surface area contributed by atoms with E-state index in [1.807, 2.05) is 60.4 Å². The number of hydrogen-bond donors (Lipinski definition) is 1. The van der Waals surface area contributed by atoms with Gasteiger partial charge in [-0.2, -0.15) is 0 Å². The molecule has 0 bridgehead atoms. The van der Waals surface area contributed by atoms with E-state index in [1.54, 1.807) is 0 Å². The lowest BCUT2D eigenvalue weighted by Crippen LogP contribution is -2.31. The third-order valence-electron chi connectivity index (χ3n) is 3.42. The molecule has 0 fully saturated rings. The molecule has 0 atom stereocenters. The van der Waals surface area contributed by atoms with E-state index in [4.69, 9.17) is 5.73 Å². The highest BCUT2D eigenvalue weighted by Gasteiger charge is 2.13. The SMILES string of the molecule is CCN(Cc1ccccc1N)C(=O)Cc1ccc(Br)cc1. The molecule has 1 amide bonds. The van der Waals surface area contributed by atoms with Crippen LogP contribution in [0.15, 0.2) is 53.0 Å². The van der Waals surface area contributed by atoms with Gasteiger partial charge in [0, 0.05) is 23.2 Å². The fourth-order valence-corrected chi connectivity index (χ4v) is 2.41. The molecule has 0 aliphatic carbocycles. The van der Waals surface area contributed by atoms with E-state index >= 15 is 0 Å². The lowest BCUT2D eigenvalue weighted by atomic mass is 10.1. The van der Waals surface area contributed by atoms with Crippen molar-refractivity contribution in [2.75, 3.05) is 12.3 Å². The zero-order chi connectivity index (χ0) is 15.2. The predicted octanol–water partition coefficient (Wildman–Crippen LogP) is 3.62. The topological polar surface area (TPSA) is 46.3 Å². The minimum atomic E-state index is 0.114. The van der Waals surface area contributed by atoms with Gasteiger partial charge in [-0.05, 0) is 36.2 Å². The van der Waals surface area contributed by atoms with Crippen LogP contribution in [-0.2, 0) is 17.8 Å². The van der Waals surface area contributed by atoms with Crippen molar-refractivity contribution in [1.82, 2.24) is 4.90 Å². The van der Waals surface area contributed by atoms with Gasteiger partial charge in [-0.25, -0.2) is 0 Å². The Hall–Kier alpha value is -1.81. The summed E-state index contributed by atoms with van der Waals surface area (Å²) in [4.78, 5) is 14.2. The van der Waals surface area contributed by atoms with Crippen LogP contribution in [0.1, 0.15) is 18.1 Å². The van der Waals surface area contributed by atoms with Crippen molar-refractivity contribution >= 4 is 27.5 Å². The molecule has 0 saturated carbocycles. The summed E-state index contributed by atoms with van der Waals surface area (Å²) in [6.45, 7) is 3.21. The standard InChI is InChI=1S/C17H19BrN2O/c1-2-20(12-14-5-3-4-6-16(14)19)17(21)11-13-7-9-15(18)10-8-13/h3-10H,2,11-12,19H2,1H3. The van der Waals surface area contributed by atoms with E-state index in [1.165, 1.54) is 0 Å². The van der Waals surface area contributed by atoms with E-state index in [-0.39, 0.29) is 5.91 Å². The van der Waals surface area contributed by atoms with Crippen LogP contribution in [0.25, 0.3) is 0 Å². The van der Waals surface area contributed by atoms with E-state index in [2.05, 4.69) is 15.9 Å². The fourth-order valence-electron chi connectivity index (χ4n) is 2.15. The largest absolute Gasteiger partial charge is 0.398 e. The van der Waals surface area contributed by atoms with Gasteiger partial charge >= 0.3 is 0 Å². The second kappa shape index (κ2) is 7.27. The number of nitrogens with zero attached hydrogens (tertiary/aromatic N) is 1.